The van der Waals surface area contributed by atoms with Crippen LogP contribution < -0.4 is 0 Å². The van der Waals surface area contributed by atoms with Crippen LogP contribution in [-0.2, 0) is 6.54 Å². The molecule has 0 atom stereocenters. The molecular weight excluding hydrogens is 188 g/mol. The van der Waals surface area contributed by atoms with Crippen LogP contribution in [0.1, 0.15) is 23.0 Å². The first-order valence-corrected chi connectivity index (χ1v) is 4.55. The van der Waals surface area contributed by atoms with Crippen molar-refractivity contribution in [1.29, 1.82) is 0 Å². The Kier molecular flexibility index (Phi) is 1.96. The number of pyridine rings is 1. The highest BCUT2D eigenvalue weighted by molar-refractivity contribution is 6.29. The topological polar surface area (TPSA) is 33.2 Å². The number of amides is 1. The second kappa shape index (κ2) is 3.00. The van der Waals surface area contributed by atoms with Crippen LogP contribution in [0.15, 0.2) is 12.1 Å². The van der Waals surface area contributed by atoms with Gasteiger partial charge in [-0.1, -0.05) is 17.7 Å². The maximum Gasteiger partial charge on any atom is 0.273 e. The molecule has 2 heterocycles. The molecule has 3 nitrogen and oxygen atoms in total. The molecule has 0 spiro atoms. The Labute approximate surface area is 81.3 Å². The molecule has 0 radical (unpaired) electrons. The fourth-order valence-corrected chi connectivity index (χ4v) is 1.61. The number of aromatic nitrogens is 1. The molecule has 0 saturated heterocycles. The zero-order chi connectivity index (χ0) is 9.42. The largest absolute Gasteiger partial charge is 0.333 e. The van der Waals surface area contributed by atoms with Gasteiger partial charge in [0.2, 0.25) is 0 Å². The highest BCUT2D eigenvalue weighted by atomic mass is 35.5. The Morgan fingerprint density at radius 3 is 3.08 bits per heavy atom. The van der Waals surface area contributed by atoms with Crippen molar-refractivity contribution in [2.75, 3.05) is 6.54 Å². The van der Waals surface area contributed by atoms with Gasteiger partial charge in [0.15, 0.2) is 0 Å². The van der Waals surface area contributed by atoms with E-state index in [0.29, 0.717) is 23.9 Å². The van der Waals surface area contributed by atoms with Gasteiger partial charge in [0.1, 0.15) is 10.8 Å². The first-order valence-electron chi connectivity index (χ1n) is 4.17. The predicted octanol–water partition coefficient (Wildman–Crippen LogP) is 1.71. The van der Waals surface area contributed by atoms with Gasteiger partial charge >= 0.3 is 0 Å². The minimum atomic E-state index is -0.0139. The molecule has 1 aromatic rings. The van der Waals surface area contributed by atoms with E-state index in [1.807, 2.05) is 13.0 Å². The van der Waals surface area contributed by atoms with Crippen LogP contribution in [-0.4, -0.2) is 22.3 Å². The molecule has 68 valence electrons. The fourth-order valence-electron chi connectivity index (χ4n) is 1.46. The second-order valence-corrected chi connectivity index (χ2v) is 3.35. The van der Waals surface area contributed by atoms with E-state index in [-0.39, 0.29) is 5.91 Å². The molecule has 2 rings (SSSR count). The predicted molar refractivity (Wildman–Crippen MR) is 49.7 cm³/mol. The van der Waals surface area contributed by atoms with Gasteiger partial charge in [-0.15, -0.1) is 0 Å². The van der Waals surface area contributed by atoms with Gasteiger partial charge < -0.3 is 4.90 Å². The highest BCUT2D eigenvalue weighted by Gasteiger charge is 2.27. The van der Waals surface area contributed by atoms with Crippen molar-refractivity contribution in [3.8, 4) is 0 Å². The Morgan fingerprint density at radius 2 is 2.38 bits per heavy atom. The zero-order valence-corrected chi connectivity index (χ0v) is 8.01. The summed E-state index contributed by atoms with van der Waals surface area (Å²) in [5.41, 5.74) is 1.48. The summed E-state index contributed by atoms with van der Waals surface area (Å²) in [5, 5.41) is 0.380. The van der Waals surface area contributed by atoms with Crippen molar-refractivity contribution in [3.63, 3.8) is 0 Å². The number of hydrogen-bond donors (Lipinski definition) is 0. The molecule has 0 saturated carbocycles. The number of fused-ring (bicyclic) bond motifs is 1. The molecule has 0 aromatic carbocycles. The van der Waals surface area contributed by atoms with Gasteiger partial charge in [0, 0.05) is 18.7 Å². The lowest BCUT2D eigenvalue weighted by Crippen LogP contribution is -2.23. The summed E-state index contributed by atoms with van der Waals surface area (Å²) in [6.45, 7) is 3.33. The van der Waals surface area contributed by atoms with Crippen molar-refractivity contribution in [2.24, 2.45) is 0 Å². The minimum Gasteiger partial charge on any atom is -0.333 e. The van der Waals surface area contributed by atoms with Gasteiger partial charge in [-0.3, -0.25) is 4.79 Å². The van der Waals surface area contributed by atoms with E-state index >= 15 is 0 Å². The van der Waals surface area contributed by atoms with E-state index < -0.39 is 0 Å². The summed E-state index contributed by atoms with van der Waals surface area (Å²) in [5.74, 6) is -0.0139. The van der Waals surface area contributed by atoms with E-state index in [0.717, 1.165) is 5.56 Å². The van der Waals surface area contributed by atoms with Gasteiger partial charge in [-0.05, 0) is 13.0 Å². The first-order chi connectivity index (χ1) is 6.22. The molecule has 0 bridgehead atoms. The van der Waals surface area contributed by atoms with Crippen molar-refractivity contribution in [2.45, 2.75) is 13.5 Å². The Balaban J connectivity index is 2.45. The molecule has 1 aromatic heterocycles. The normalized spacial score (nSPS) is 14.9. The lowest BCUT2D eigenvalue weighted by Gasteiger charge is -2.10. The SMILES string of the molecule is CCN1Cc2ccc(Cl)nc2C1=O. The summed E-state index contributed by atoms with van der Waals surface area (Å²) in [6, 6.07) is 3.57. The van der Waals surface area contributed by atoms with Gasteiger partial charge in [0.25, 0.3) is 5.91 Å². The molecular formula is C9H9ClN2O. The second-order valence-electron chi connectivity index (χ2n) is 2.96. The summed E-state index contributed by atoms with van der Waals surface area (Å²) in [7, 11) is 0. The van der Waals surface area contributed by atoms with Crippen LogP contribution >= 0.6 is 11.6 Å². The van der Waals surface area contributed by atoms with E-state index in [1.165, 1.54) is 0 Å². The number of carbonyl (C=O) groups is 1. The van der Waals surface area contributed by atoms with Crippen molar-refractivity contribution in [3.05, 3.63) is 28.5 Å². The lowest BCUT2D eigenvalue weighted by atomic mass is 10.2. The maximum absolute atomic E-state index is 11.6. The molecule has 1 aliphatic heterocycles. The molecule has 1 amide bonds. The zero-order valence-electron chi connectivity index (χ0n) is 7.25. The molecule has 0 N–H and O–H groups in total. The van der Waals surface area contributed by atoms with Gasteiger partial charge in [-0.2, -0.15) is 0 Å². The van der Waals surface area contributed by atoms with Crippen LogP contribution in [0.25, 0.3) is 0 Å². The number of halogens is 1. The molecule has 1 aliphatic rings. The third-order valence-corrected chi connectivity index (χ3v) is 2.39. The van der Waals surface area contributed by atoms with Crippen molar-refractivity contribution < 1.29 is 4.79 Å². The van der Waals surface area contributed by atoms with E-state index in [2.05, 4.69) is 4.98 Å². The summed E-state index contributed by atoms with van der Waals surface area (Å²) in [6.07, 6.45) is 0. The Bertz CT molecular complexity index is 365. The van der Waals surface area contributed by atoms with Crippen LogP contribution in [0.5, 0.6) is 0 Å². The summed E-state index contributed by atoms with van der Waals surface area (Å²) >= 11 is 5.70. The molecule has 0 unspecified atom stereocenters. The quantitative estimate of drug-likeness (QED) is 0.641. The van der Waals surface area contributed by atoms with Crippen LogP contribution in [0.4, 0.5) is 0 Å². The molecule has 0 aliphatic carbocycles. The average molecular weight is 197 g/mol. The van der Waals surface area contributed by atoms with Crippen LogP contribution in [0, 0.1) is 0 Å². The third-order valence-electron chi connectivity index (χ3n) is 2.18. The molecule has 13 heavy (non-hydrogen) atoms. The highest BCUT2D eigenvalue weighted by Crippen LogP contribution is 2.22. The van der Waals surface area contributed by atoms with Crippen LogP contribution in [0.2, 0.25) is 5.15 Å². The standard InChI is InChI=1S/C9H9ClN2O/c1-2-12-5-6-3-4-7(10)11-8(6)9(12)13/h3-4H,2,5H2,1H3. The third kappa shape index (κ3) is 1.29. The van der Waals surface area contributed by atoms with Gasteiger partial charge in [0.05, 0.1) is 0 Å². The number of nitrogens with zero attached hydrogens (tertiary/aromatic N) is 2. The van der Waals surface area contributed by atoms with Crippen molar-refractivity contribution in [1.82, 2.24) is 9.88 Å². The lowest BCUT2D eigenvalue weighted by molar-refractivity contribution is 0.0783. The average Bonchev–Trinajstić information content (AvgIpc) is 2.44. The van der Waals surface area contributed by atoms with Crippen molar-refractivity contribution >= 4 is 17.5 Å². The number of rotatable bonds is 1. The first kappa shape index (κ1) is 8.51. The molecule has 0 fully saturated rings. The fraction of sp³-hybridized carbons (Fsp3) is 0.333. The van der Waals surface area contributed by atoms with E-state index in [9.17, 15) is 4.79 Å². The van der Waals surface area contributed by atoms with E-state index in [4.69, 9.17) is 11.6 Å². The number of hydrogen-bond acceptors (Lipinski definition) is 2. The minimum absolute atomic E-state index is 0.0139. The summed E-state index contributed by atoms with van der Waals surface area (Å²) in [4.78, 5) is 17.3. The Hall–Kier alpha value is -1.09. The van der Waals surface area contributed by atoms with E-state index in [1.54, 1.807) is 11.0 Å². The number of carbonyl (C=O) groups excluding carboxylic acids is 1. The smallest absolute Gasteiger partial charge is 0.273 e. The van der Waals surface area contributed by atoms with Gasteiger partial charge in [-0.25, -0.2) is 4.98 Å². The maximum atomic E-state index is 11.6. The Morgan fingerprint density at radius 1 is 1.62 bits per heavy atom. The van der Waals surface area contributed by atoms with Crippen LogP contribution in [0.3, 0.4) is 0 Å². The summed E-state index contributed by atoms with van der Waals surface area (Å²) < 4.78 is 0. The monoisotopic (exact) mass is 196 g/mol. The molecule has 4 heteroatoms.